The second kappa shape index (κ2) is 2.69. The lowest BCUT2D eigenvalue weighted by molar-refractivity contribution is 0.0663. The summed E-state index contributed by atoms with van der Waals surface area (Å²) >= 11 is 0. The van der Waals surface area contributed by atoms with E-state index in [-0.39, 0.29) is 16.0 Å². The minimum atomic E-state index is -3.10. The van der Waals surface area contributed by atoms with Crippen molar-refractivity contribution in [3.8, 4) is 0 Å². The Hall–Kier alpha value is -1.64. The van der Waals surface area contributed by atoms with Crippen molar-refractivity contribution in [3.05, 3.63) is 35.4 Å². The third-order valence-corrected chi connectivity index (χ3v) is 1.91. The van der Waals surface area contributed by atoms with E-state index in [0.717, 1.165) is 0 Å². The number of imide groups is 1. The molecule has 0 N–H and O–H groups in total. The Balaban J connectivity index is 2.53. The van der Waals surface area contributed by atoms with Crippen LogP contribution in [0, 0.1) is 0 Å². The third-order valence-electron chi connectivity index (χ3n) is 1.91. The van der Waals surface area contributed by atoms with Gasteiger partial charge in [-0.3, -0.25) is 14.5 Å². The molecule has 1 aromatic carbocycles. The molecule has 13 heavy (non-hydrogen) atoms. The van der Waals surface area contributed by atoms with E-state index >= 15 is 0 Å². The van der Waals surface area contributed by atoms with Crippen LogP contribution in [-0.4, -0.2) is 23.2 Å². The molecule has 0 unspecified atom stereocenters. The van der Waals surface area contributed by atoms with Crippen molar-refractivity contribution in [2.24, 2.45) is 0 Å². The Morgan fingerprint density at radius 1 is 1.31 bits per heavy atom. The average molecular weight is 180 g/mol. The average Bonchev–Trinajstić information content (AvgIpc) is 2.51. The molecule has 3 heteroatoms. The number of hydrogen-bond donors (Lipinski definition) is 0. The smallest absolute Gasteiger partial charge is 0.261 e. The van der Waals surface area contributed by atoms with Crippen LogP contribution in [0.2, 0.25) is 0 Å². The fourth-order valence-corrected chi connectivity index (χ4v) is 1.29. The second-order valence-electron chi connectivity index (χ2n) is 2.60. The predicted octanol–water partition coefficient (Wildman–Crippen LogP) is 1.30. The molecule has 0 atom stereocenters. The zero-order valence-electron chi connectivity index (χ0n) is 11.6. The summed E-state index contributed by atoms with van der Waals surface area (Å²) in [5.74, 6) is -1.84. The second-order valence-corrected chi connectivity index (χ2v) is 2.60. The summed E-state index contributed by atoms with van der Waals surface area (Å²) in [5.41, 5.74) is 0.0475. The highest BCUT2D eigenvalue weighted by molar-refractivity contribution is 6.21. The molecule has 0 aliphatic carbocycles. The molecule has 1 aliphatic heterocycles. The number of hydrogen-bond acceptors (Lipinski definition) is 2. The van der Waals surface area contributed by atoms with Crippen molar-refractivity contribution in [1.29, 1.82) is 0 Å². The zero-order valence-corrected chi connectivity index (χ0v) is 6.57. The first kappa shape index (κ1) is 4.05. The van der Waals surface area contributed by atoms with Gasteiger partial charge in [0.15, 0.2) is 0 Å². The molecule has 0 bridgehead atoms. The SMILES string of the molecule is [2H]C([2H])([2H])C([2H])([2H])N1C(=O)c2ccccc2C1=O. The van der Waals surface area contributed by atoms with Crippen molar-refractivity contribution in [3.63, 3.8) is 0 Å². The Labute approximate surface area is 83.0 Å². The predicted molar refractivity (Wildman–Crippen MR) is 47.5 cm³/mol. The summed E-state index contributed by atoms with van der Waals surface area (Å²) in [5, 5.41) is 0. The topological polar surface area (TPSA) is 37.4 Å². The van der Waals surface area contributed by atoms with E-state index in [1.165, 1.54) is 24.3 Å². The van der Waals surface area contributed by atoms with Gasteiger partial charge in [0, 0.05) is 13.4 Å². The first-order chi connectivity index (χ1) is 8.18. The number of benzene rings is 1. The van der Waals surface area contributed by atoms with E-state index < -0.39 is 25.2 Å². The molecule has 0 fully saturated rings. The first-order valence-electron chi connectivity index (χ1n) is 6.16. The maximum absolute atomic E-state index is 11.9. The molecule has 1 aromatic rings. The highest BCUT2D eigenvalue weighted by Gasteiger charge is 2.33. The van der Waals surface area contributed by atoms with Gasteiger partial charge in [0.05, 0.1) is 11.1 Å². The Kier molecular flexibility index (Phi) is 0.838. The van der Waals surface area contributed by atoms with Crippen LogP contribution >= 0.6 is 0 Å². The molecule has 0 aromatic heterocycles. The maximum Gasteiger partial charge on any atom is 0.261 e. The quantitative estimate of drug-likeness (QED) is 0.611. The van der Waals surface area contributed by atoms with Crippen LogP contribution in [-0.2, 0) is 0 Å². The molecule has 3 nitrogen and oxygen atoms in total. The summed E-state index contributed by atoms with van der Waals surface area (Å²) in [4.78, 5) is 24.0. The van der Waals surface area contributed by atoms with Crippen LogP contribution in [0.5, 0.6) is 0 Å². The van der Waals surface area contributed by atoms with Gasteiger partial charge >= 0.3 is 0 Å². The van der Waals surface area contributed by atoms with Crippen molar-refractivity contribution < 1.29 is 16.4 Å². The summed E-state index contributed by atoms with van der Waals surface area (Å²) < 4.78 is 36.3. The molecule has 0 radical (unpaired) electrons. The van der Waals surface area contributed by atoms with Gasteiger partial charge in [0.2, 0.25) is 0 Å². The molecule has 1 heterocycles. The summed E-state index contributed by atoms with van der Waals surface area (Å²) in [6, 6.07) is 5.78. The zero-order chi connectivity index (χ0) is 13.7. The number of carbonyl (C=O) groups excluding carboxylic acids is 2. The number of carbonyl (C=O) groups is 2. The normalized spacial score (nSPS) is 22.8. The van der Waals surface area contributed by atoms with Gasteiger partial charge in [-0.15, -0.1) is 0 Å². The van der Waals surface area contributed by atoms with Gasteiger partial charge < -0.3 is 0 Å². The molecule has 2 rings (SSSR count). The van der Waals surface area contributed by atoms with Gasteiger partial charge in [0.1, 0.15) is 0 Å². The molecule has 0 spiro atoms. The first-order valence-corrected chi connectivity index (χ1v) is 3.66. The lowest BCUT2D eigenvalue weighted by Gasteiger charge is -2.08. The van der Waals surface area contributed by atoms with Gasteiger partial charge in [-0.2, -0.15) is 0 Å². The van der Waals surface area contributed by atoms with E-state index in [0.29, 0.717) is 0 Å². The Bertz CT molecular complexity index is 502. The van der Waals surface area contributed by atoms with Gasteiger partial charge in [-0.05, 0) is 19.0 Å². The fourth-order valence-electron chi connectivity index (χ4n) is 1.29. The molecule has 0 saturated heterocycles. The lowest BCUT2D eigenvalue weighted by atomic mass is 10.1. The van der Waals surface area contributed by atoms with E-state index in [1.807, 2.05) is 0 Å². The molecule has 0 saturated carbocycles. The van der Waals surface area contributed by atoms with Gasteiger partial charge in [0.25, 0.3) is 11.8 Å². The molecule has 66 valence electrons. The molecular weight excluding hydrogens is 166 g/mol. The Morgan fingerprint density at radius 2 is 1.85 bits per heavy atom. The molecule has 2 amide bonds. The monoisotopic (exact) mass is 180 g/mol. The minimum absolute atomic E-state index is 0.0237. The largest absolute Gasteiger partial charge is 0.275 e. The van der Waals surface area contributed by atoms with E-state index in [4.69, 9.17) is 6.85 Å². The van der Waals surface area contributed by atoms with Crippen molar-refractivity contribution in [2.45, 2.75) is 6.85 Å². The van der Waals surface area contributed by atoms with Crippen LogP contribution in [0.4, 0.5) is 0 Å². The lowest BCUT2D eigenvalue weighted by Crippen LogP contribution is -2.29. The number of amides is 2. The van der Waals surface area contributed by atoms with Crippen molar-refractivity contribution in [1.82, 2.24) is 4.90 Å². The third kappa shape index (κ3) is 0.967. The maximum atomic E-state index is 11.9. The fraction of sp³-hybridized carbons (Fsp3) is 0.200. The van der Waals surface area contributed by atoms with Crippen LogP contribution < -0.4 is 0 Å². The van der Waals surface area contributed by atoms with E-state index in [2.05, 4.69) is 0 Å². The van der Waals surface area contributed by atoms with Gasteiger partial charge in [-0.1, -0.05) is 12.1 Å². The highest BCUT2D eigenvalue weighted by Crippen LogP contribution is 2.21. The van der Waals surface area contributed by atoms with Crippen molar-refractivity contribution >= 4 is 11.8 Å². The summed E-state index contributed by atoms with van der Waals surface area (Å²) in [7, 11) is 0. The highest BCUT2D eigenvalue weighted by atomic mass is 16.2. The van der Waals surface area contributed by atoms with Gasteiger partial charge in [-0.25, -0.2) is 0 Å². The van der Waals surface area contributed by atoms with E-state index in [1.54, 1.807) is 0 Å². The molecular formula is C10H9NO2. The van der Waals surface area contributed by atoms with E-state index in [9.17, 15) is 9.59 Å². The summed E-state index contributed by atoms with van der Waals surface area (Å²) in [6.45, 7) is -6.12. The van der Waals surface area contributed by atoms with Crippen LogP contribution in [0.1, 0.15) is 34.4 Å². The number of fused-ring (bicyclic) bond motifs is 1. The van der Waals surface area contributed by atoms with Crippen LogP contribution in [0.15, 0.2) is 24.3 Å². The molecule has 1 aliphatic rings. The number of rotatable bonds is 1. The van der Waals surface area contributed by atoms with Crippen LogP contribution in [0.25, 0.3) is 0 Å². The number of nitrogens with zero attached hydrogens (tertiary/aromatic N) is 1. The standard InChI is InChI=1S/C10H9NO2/c1-2-11-9(12)7-5-3-4-6-8(7)10(11)13/h3-6H,2H2,1H3/i1D3,2D2. The summed E-state index contributed by atoms with van der Waals surface area (Å²) in [6.07, 6.45) is 0. The van der Waals surface area contributed by atoms with Crippen molar-refractivity contribution in [2.75, 3.05) is 6.50 Å². The Morgan fingerprint density at radius 3 is 2.31 bits per heavy atom. The van der Waals surface area contributed by atoms with Crippen LogP contribution in [0.3, 0.4) is 0 Å². The minimum Gasteiger partial charge on any atom is -0.275 e.